The quantitative estimate of drug-likeness (QED) is 0.874. The van der Waals surface area contributed by atoms with Crippen LogP contribution in [0, 0.1) is 0 Å². The molecule has 0 aliphatic carbocycles. The van der Waals surface area contributed by atoms with E-state index in [4.69, 9.17) is 9.47 Å². The fourth-order valence-corrected chi connectivity index (χ4v) is 3.20. The zero-order valence-electron chi connectivity index (χ0n) is 12.7. The van der Waals surface area contributed by atoms with Gasteiger partial charge < -0.3 is 14.6 Å². The minimum atomic E-state index is -0.442. The highest BCUT2D eigenvalue weighted by Crippen LogP contribution is 2.27. The first kappa shape index (κ1) is 14.8. The van der Waals surface area contributed by atoms with E-state index in [1.165, 1.54) is 12.8 Å². The van der Waals surface area contributed by atoms with Crippen LogP contribution in [-0.4, -0.2) is 48.5 Å². The third-order valence-corrected chi connectivity index (χ3v) is 4.29. The Kier molecular flexibility index (Phi) is 4.78. The molecule has 116 valence electrons. The number of aliphatic hydroxyl groups is 1. The largest absolute Gasteiger partial charge is 0.494 e. The molecule has 21 heavy (non-hydrogen) atoms. The van der Waals surface area contributed by atoms with Crippen molar-refractivity contribution in [3.63, 3.8) is 0 Å². The summed E-state index contributed by atoms with van der Waals surface area (Å²) in [5.74, 6) is 0.872. The lowest BCUT2D eigenvalue weighted by Gasteiger charge is -2.33. The lowest BCUT2D eigenvalue weighted by atomic mass is 10.1. The topological polar surface area (TPSA) is 41.9 Å². The van der Waals surface area contributed by atoms with E-state index in [2.05, 4.69) is 11.8 Å². The van der Waals surface area contributed by atoms with Crippen LogP contribution >= 0.6 is 0 Å². The van der Waals surface area contributed by atoms with Crippen LogP contribution < -0.4 is 4.74 Å². The molecule has 1 aromatic rings. The number of fused-ring (bicyclic) bond motifs is 2. The van der Waals surface area contributed by atoms with Gasteiger partial charge in [-0.3, -0.25) is 4.90 Å². The molecule has 4 heteroatoms. The van der Waals surface area contributed by atoms with Crippen LogP contribution in [-0.2, 0) is 4.74 Å². The summed E-state index contributed by atoms with van der Waals surface area (Å²) < 4.78 is 11.4. The Morgan fingerprint density at radius 2 is 1.90 bits per heavy atom. The molecule has 2 bridgehead atoms. The first-order chi connectivity index (χ1) is 10.2. The standard InChI is InChI=1S/C17H25NO3/c1-2-9-20-14-5-3-13(4-6-14)17(19)12-18-10-15-7-8-16(11-18)21-15/h3-6,15-17,19H,2,7-12H2,1H3. The molecule has 1 N–H and O–H groups in total. The van der Waals surface area contributed by atoms with E-state index in [-0.39, 0.29) is 0 Å². The second kappa shape index (κ2) is 6.77. The summed E-state index contributed by atoms with van der Waals surface area (Å²) in [5.41, 5.74) is 0.956. The zero-order valence-corrected chi connectivity index (χ0v) is 12.7. The van der Waals surface area contributed by atoms with Crippen LogP contribution in [0.4, 0.5) is 0 Å². The van der Waals surface area contributed by atoms with Crippen LogP contribution in [0.5, 0.6) is 5.75 Å². The van der Waals surface area contributed by atoms with E-state index in [0.29, 0.717) is 18.8 Å². The smallest absolute Gasteiger partial charge is 0.119 e. The monoisotopic (exact) mass is 291 g/mol. The summed E-state index contributed by atoms with van der Waals surface area (Å²) >= 11 is 0. The van der Waals surface area contributed by atoms with Gasteiger partial charge in [0.1, 0.15) is 5.75 Å². The summed E-state index contributed by atoms with van der Waals surface area (Å²) in [6.07, 6.45) is 3.65. The minimum absolute atomic E-state index is 0.376. The number of morpholine rings is 1. The molecular weight excluding hydrogens is 266 g/mol. The molecule has 0 radical (unpaired) electrons. The molecule has 4 nitrogen and oxygen atoms in total. The van der Waals surface area contributed by atoms with Gasteiger partial charge >= 0.3 is 0 Å². The summed E-state index contributed by atoms with van der Waals surface area (Å²) in [4.78, 5) is 2.33. The van der Waals surface area contributed by atoms with Gasteiger partial charge in [-0.05, 0) is 37.0 Å². The highest BCUT2D eigenvalue weighted by molar-refractivity contribution is 5.28. The van der Waals surface area contributed by atoms with E-state index in [0.717, 1.165) is 37.4 Å². The van der Waals surface area contributed by atoms with Crippen molar-refractivity contribution in [2.75, 3.05) is 26.2 Å². The molecule has 3 atom stereocenters. The zero-order chi connectivity index (χ0) is 14.7. The van der Waals surface area contributed by atoms with Gasteiger partial charge in [0.25, 0.3) is 0 Å². The fourth-order valence-electron chi connectivity index (χ4n) is 3.20. The molecular formula is C17H25NO3. The lowest BCUT2D eigenvalue weighted by Crippen LogP contribution is -2.44. The van der Waals surface area contributed by atoms with E-state index in [1.54, 1.807) is 0 Å². The fraction of sp³-hybridized carbons (Fsp3) is 0.647. The second-order valence-electron chi connectivity index (χ2n) is 6.11. The maximum Gasteiger partial charge on any atom is 0.119 e. The molecule has 2 aliphatic heterocycles. The summed E-state index contributed by atoms with van der Waals surface area (Å²) in [5, 5.41) is 10.4. The van der Waals surface area contributed by atoms with Gasteiger partial charge in [-0.25, -0.2) is 0 Å². The number of β-amino-alcohol motifs (C(OH)–C–C–N with tert-alkyl or cyclic N) is 1. The van der Waals surface area contributed by atoms with Crippen molar-refractivity contribution < 1.29 is 14.6 Å². The lowest BCUT2D eigenvalue weighted by molar-refractivity contribution is -0.0497. The van der Waals surface area contributed by atoms with Crippen molar-refractivity contribution in [2.24, 2.45) is 0 Å². The van der Waals surface area contributed by atoms with Gasteiger partial charge in [-0.15, -0.1) is 0 Å². The molecule has 2 saturated heterocycles. The molecule has 2 heterocycles. The van der Waals surface area contributed by atoms with Crippen molar-refractivity contribution in [3.05, 3.63) is 29.8 Å². The predicted molar refractivity (Wildman–Crippen MR) is 81.5 cm³/mol. The Labute approximate surface area is 126 Å². The molecule has 1 aromatic carbocycles. The third-order valence-electron chi connectivity index (χ3n) is 4.29. The highest BCUT2D eigenvalue weighted by Gasteiger charge is 2.34. The average Bonchev–Trinajstić information content (AvgIpc) is 2.84. The highest BCUT2D eigenvalue weighted by atomic mass is 16.5. The molecule has 3 rings (SSSR count). The first-order valence-corrected chi connectivity index (χ1v) is 8.03. The maximum absolute atomic E-state index is 10.4. The summed E-state index contributed by atoms with van der Waals surface area (Å²) in [6.45, 7) is 5.41. The second-order valence-corrected chi connectivity index (χ2v) is 6.11. The number of hydrogen-bond acceptors (Lipinski definition) is 4. The van der Waals surface area contributed by atoms with Gasteiger partial charge in [0, 0.05) is 19.6 Å². The van der Waals surface area contributed by atoms with Crippen molar-refractivity contribution >= 4 is 0 Å². The Morgan fingerprint density at radius 1 is 1.24 bits per heavy atom. The third kappa shape index (κ3) is 3.76. The Morgan fingerprint density at radius 3 is 2.52 bits per heavy atom. The average molecular weight is 291 g/mol. The number of rotatable bonds is 6. The molecule has 0 saturated carbocycles. The van der Waals surface area contributed by atoms with Crippen LogP contribution in [0.25, 0.3) is 0 Å². The van der Waals surface area contributed by atoms with E-state index < -0.39 is 6.10 Å². The Hall–Kier alpha value is -1.10. The minimum Gasteiger partial charge on any atom is -0.494 e. The molecule has 0 amide bonds. The van der Waals surface area contributed by atoms with Gasteiger partial charge in [0.05, 0.1) is 24.9 Å². The Balaban J connectivity index is 1.53. The number of benzene rings is 1. The molecule has 2 fully saturated rings. The van der Waals surface area contributed by atoms with Gasteiger partial charge in [0.2, 0.25) is 0 Å². The number of nitrogens with zero attached hydrogens (tertiary/aromatic N) is 1. The van der Waals surface area contributed by atoms with E-state index >= 15 is 0 Å². The summed E-state index contributed by atoms with van der Waals surface area (Å²) in [7, 11) is 0. The molecule has 0 spiro atoms. The van der Waals surface area contributed by atoms with Crippen molar-refractivity contribution in [2.45, 2.75) is 44.5 Å². The van der Waals surface area contributed by atoms with Crippen LogP contribution in [0.1, 0.15) is 37.9 Å². The number of hydrogen-bond donors (Lipinski definition) is 1. The van der Waals surface area contributed by atoms with Crippen molar-refractivity contribution in [1.29, 1.82) is 0 Å². The molecule has 0 aromatic heterocycles. The van der Waals surface area contributed by atoms with Crippen LogP contribution in [0.2, 0.25) is 0 Å². The molecule has 3 unspecified atom stereocenters. The van der Waals surface area contributed by atoms with Crippen molar-refractivity contribution in [1.82, 2.24) is 4.90 Å². The van der Waals surface area contributed by atoms with Gasteiger partial charge in [-0.1, -0.05) is 19.1 Å². The van der Waals surface area contributed by atoms with Crippen LogP contribution in [0.15, 0.2) is 24.3 Å². The van der Waals surface area contributed by atoms with E-state index in [9.17, 15) is 5.11 Å². The number of aliphatic hydroxyl groups excluding tert-OH is 1. The Bertz CT molecular complexity index is 436. The van der Waals surface area contributed by atoms with Gasteiger partial charge in [-0.2, -0.15) is 0 Å². The van der Waals surface area contributed by atoms with Crippen molar-refractivity contribution in [3.8, 4) is 5.75 Å². The number of likely N-dealkylation sites (tertiary alicyclic amines) is 1. The molecule has 2 aliphatic rings. The number of ether oxygens (including phenoxy) is 2. The normalized spacial score (nSPS) is 26.8. The van der Waals surface area contributed by atoms with Crippen LogP contribution in [0.3, 0.4) is 0 Å². The first-order valence-electron chi connectivity index (χ1n) is 8.03. The van der Waals surface area contributed by atoms with E-state index in [1.807, 2.05) is 24.3 Å². The predicted octanol–water partition coefficient (Wildman–Crippen LogP) is 2.37. The van der Waals surface area contributed by atoms with Gasteiger partial charge in [0.15, 0.2) is 0 Å². The summed E-state index contributed by atoms with van der Waals surface area (Å²) in [6, 6.07) is 7.81. The maximum atomic E-state index is 10.4. The SMILES string of the molecule is CCCOc1ccc(C(O)CN2CC3CCC(C2)O3)cc1.